The van der Waals surface area contributed by atoms with Crippen LogP contribution in [0.25, 0.3) is 0 Å². The molecule has 0 saturated carbocycles. The van der Waals surface area contributed by atoms with Gasteiger partial charge in [0.05, 0.1) is 6.04 Å². The van der Waals surface area contributed by atoms with Crippen LogP contribution in [0.4, 0.5) is 13.2 Å². The molecule has 0 amide bonds. The average Bonchev–Trinajstić information content (AvgIpc) is 2.65. The summed E-state index contributed by atoms with van der Waals surface area (Å²) in [5.74, 6) is 0.129. The molecule has 0 aromatic carbocycles. The van der Waals surface area contributed by atoms with E-state index in [0.717, 1.165) is 31.0 Å². The molecular formula is C11H12ClF3N2O. The minimum absolute atomic E-state index is 0. The van der Waals surface area contributed by atoms with Gasteiger partial charge in [-0.2, -0.15) is 13.2 Å². The number of halogens is 4. The second-order valence-electron chi connectivity index (χ2n) is 4.32. The van der Waals surface area contributed by atoms with Crippen LogP contribution in [0.1, 0.15) is 30.1 Å². The fourth-order valence-electron chi connectivity index (χ4n) is 2.38. The number of hydrogen-bond acceptors (Lipinski definition) is 3. The predicted octanol–water partition coefficient (Wildman–Crippen LogP) is 2.71. The molecule has 7 heteroatoms. The normalized spacial score (nSPS) is 25.7. The van der Waals surface area contributed by atoms with Gasteiger partial charge in [-0.05, 0) is 31.5 Å². The lowest BCUT2D eigenvalue weighted by molar-refractivity contribution is -0.141. The van der Waals surface area contributed by atoms with Crippen LogP contribution in [0.2, 0.25) is 0 Å². The van der Waals surface area contributed by atoms with Gasteiger partial charge in [-0.1, -0.05) is 0 Å². The molecule has 0 aliphatic carbocycles. The van der Waals surface area contributed by atoms with Gasteiger partial charge in [-0.25, -0.2) is 4.98 Å². The van der Waals surface area contributed by atoms with E-state index >= 15 is 0 Å². The highest BCUT2D eigenvalue weighted by atomic mass is 35.5. The van der Waals surface area contributed by atoms with Gasteiger partial charge in [0.25, 0.3) is 0 Å². The Labute approximate surface area is 108 Å². The van der Waals surface area contributed by atoms with Crippen molar-refractivity contribution in [1.82, 2.24) is 10.3 Å². The molecule has 2 unspecified atom stereocenters. The number of aromatic nitrogens is 1. The third kappa shape index (κ3) is 2.14. The summed E-state index contributed by atoms with van der Waals surface area (Å²) < 4.78 is 43.0. The molecule has 100 valence electrons. The zero-order valence-electron chi connectivity index (χ0n) is 9.33. The van der Waals surface area contributed by atoms with E-state index in [1.54, 1.807) is 0 Å². The first-order valence-electron chi connectivity index (χ1n) is 5.54. The van der Waals surface area contributed by atoms with E-state index in [-0.39, 0.29) is 30.4 Å². The van der Waals surface area contributed by atoms with Crippen molar-refractivity contribution >= 4 is 12.4 Å². The lowest BCUT2D eigenvalue weighted by Crippen LogP contribution is -2.36. The molecule has 1 saturated heterocycles. The number of nitrogens with zero attached hydrogens (tertiary/aromatic N) is 1. The number of hydrogen-bond donors (Lipinski definition) is 1. The van der Waals surface area contributed by atoms with E-state index in [1.807, 2.05) is 0 Å². The zero-order chi connectivity index (χ0) is 12.0. The molecule has 3 nitrogen and oxygen atoms in total. The van der Waals surface area contributed by atoms with E-state index in [0.29, 0.717) is 0 Å². The van der Waals surface area contributed by atoms with Gasteiger partial charge in [0, 0.05) is 5.56 Å². The Bertz CT molecular complexity index is 452. The standard InChI is InChI=1S/C11H11F3N2O.ClH/c12-11(13,14)8-4-3-6-9-7(2-1-5-15-9)17-10(6)16-8;/h3-4,7,9,15H,1-2,5H2;1H. The number of fused-ring (bicyclic) bond motifs is 3. The van der Waals surface area contributed by atoms with Crippen molar-refractivity contribution in [2.75, 3.05) is 6.54 Å². The van der Waals surface area contributed by atoms with Gasteiger partial charge in [-0.3, -0.25) is 0 Å². The van der Waals surface area contributed by atoms with E-state index in [1.165, 1.54) is 6.07 Å². The molecule has 1 N–H and O–H groups in total. The Morgan fingerprint density at radius 3 is 2.83 bits per heavy atom. The molecule has 3 rings (SSSR count). The van der Waals surface area contributed by atoms with Gasteiger partial charge >= 0.3 is 6.18 Å². The third-order valence-electron chi connectivity index (χ3n) is 3.18. The molecule has 1 aromatic rings. The predicted molar refractivity (Wildman–Crippen MR) is 60.9 cm³/mol. The van der Waals surface area contributed by atoms with Gasteiger partial charge in [0.2, 0.25) is 5.88 Å². The molecule has 0 radical (unpaired) electrons. The Morgan fingerprint density at radius 2 is 2.11 bits per heavy atom. The van der Waals surface area contributed by atoms with Crippen LogP contribution >= 0.6 is 12.4 Å². The van der Waals surface area contributed by atoms with Crippen molar-refractivity contribution in [3.05, 3.63) is 23.4 Å². The molecule has 3 heterocycles. The van der Waals surface area contributed by atoms with Gasteiger partial charge < -0.3 is 10.1 Å². The zero-order valence-corrected chi connectivity index (χ0v) is 10.1. The van der Waals surface area contributed by atoms with Gasteiger partial charge in [0.1, 0.15) is 11.8 Å². The maximum absolute atomic E-state index is 12.5. The number of alkyl halides is 3. The molecule has 18 heavy (non-hydrogen) atoms. The topological polar surface area (TPSA) is 34.1 Å². The van der Waals surface area contributed by atoms with Crippen molar-refractivity contribution in [3.63, 3.8) is 0 Å². The highest BCUT2D eigenvalue weighted by Crippen LogP contribution is 2.40. The fourth-order valence-corrected chi connectivity index (χ4v) is 2.38. The number of nitrogens with one attached hydrogen (secondary N) is 1. The van der Waals surface area contributed by atoms with Crippen LogP contribution in [-0.2, 0) is 6.18 Å². The largest absolute Gasteiger partial charge is 0.472 e. The van der Waals surface area contributed by atoms with E-state index in [9.17, 15) is 13.2 Å². The van der Waals surface area contributed by atoms with Crippen molar-refractivity contribution in [1.29, 1.82) is 0 Å². The van der Waals surface area contributed by atoms with Crippen molar-refractivity contribution in [3.8, 4) is 5.88 Å². The maximum atomic E-state index is 12.5. The third-order valence-corrected chi connectivity index (χ3v) is 3.18. The molecule has 0 bridgehead atoms. The van der Waals surface area contributed by atoms with E-state index < -0.39 is 11.9 Å². The summed E-state index contributed by atoms with van der Waals surface area (Å²) >= 11 is 0. The maximum Gasteiger partial charge on any atom is 0.433 e. The lowest BCUT2D eigenvalue weighted by atomic mass is 9.98. The summed E-state index contributed by atoms with van der Waals surface area (Å²) in [7, 11) is 0. The number of ether oxygens (including phenoxy) is 1. The van der Waals surface area contributed by atoms with Gasteiger partial charge in [0.15, 0.2) is 0 Å². The van der Waals surface area contributed by atoms with Gasteiger partial charge in [-0.15, -0.1) is 12.4 Å². The molecule has 2 aliphatic heterocycles. The summed E-state index contributed by atoms with van der Waals surface area (Å²) in [5.41, 5.74) is -0.155. The van der Waals surface area contributed by atoms with Crippen LogP contribution in [0.5, 0.6) is 5.88 Å². The first-order chi connectivity index (χ1) is 8.05. The summed E-state index contributed by atoms with van der Waals surface area (Å²) in [6, 6.07) is 2.48. The fraction of sp³-hybridized carbons (Fsp3) is 0.545. The Hall–Kier alpha value is -1.01. The first-order valence-corrected chi connectivity index (χ1v) is 5.54. The number of rotatable bonds is 0. The average molecular weight is 281 g/mol. The second kappa shape index (κ2) is 4.59. The second-order valence-corrected chi connectivity index (χ2v) is 4.32. The van der Waals surface area contributed by atoms with Crippen molar-refractivity contribution in [2.45, 2.75) is 31.2 Å². The van der Waals surface area contributed by atoms with Crippen LogP contribution in [0.15, 0.2) is 12.1 Å². The van der Waals surface area contributed by atoms with Crippen LogP contribution < -0.4 is 10.1 Å². The van der Waals surface area contributed by atoms with Crippen molar-refractivity contribution < 1.29 is 17.9 Å². The smallest absolute Gasteiger partial charge is 0.433 e. The molecule has 2 atom stereocenters. The summed E-state index contributed by atoms with van der Waals surface area (Å²) in [6.07, 6.45) is -2.66. The van der Waals surface area contributed by atoms with E-state index in [2.05, 4.69) is 10.3 Å². The quantitative estimate of drug-likeness (QED) is 0.793. The molecule has 1 fully saturated rings. The molecule has 1 aromatic heterocycles. The Balaban J connectivity index is 0.00000120. The van der Waals surface area contributed by atoms with Crippen LogP contribution in [-0.4, -0.2) is 17.6 Å². The minimum atomic E-state index is -4.42. The number of pyridine rings is 1. The van der Waals surface area contributed by atoms with Crippen LogP contribution in [0.3, 0.4) is 0 Å². The van der Waals surface area contributed by atoms with Crippen molar-refractivity contribution in [2.24, 2.45) is 0 Å². The monoisotopic (exact) mass is 280 g/mol. The molecular weight excluding hydrogens is 269 g/mol. The summed E-state index contributed by atoms with van der Waals surface area (Å²) in [6.45, 7) is 0.866. The summed E-state index contributed by atoms with van der Waals surface area (Å²) in [5, 5.41) is 3.25. The first kappa shape index (κ1) is 13.4. The highest BCUT2D eigenvalue weighted by Gasteiger charge is 2.40. The Morgan fingerprint density at radius 1 is 1.33 bits per heavy atom. The summed E-state index contributed by atoms with van der Waals surface area (Å²) in [4.78, 5) is 3.56. The SMILES string of the molecule is Cl.FC(F)(F)c1ccc2c(n1)OC1CCCNC21. The number of piperidine rings is 1. The van der Waals surface area contributed by atoms with E-state index in [4.69, 9.17) is 4.74 Å². The minimum Gasteiger partial charge on any atom is -0.472 e. The lowest BCUT2D eigenvalue weighted by Gasteiger charge is -2.24. The Kier molecular flexibility index (Phi) is 3.42. The van der Waals surface area contributed by atoms with Crippen LogP contribution in [0, 0.1) is 0 Å². The molecule has 0 spiro atoms. The highest BCUT2D eigenvalue weighted by molar-refractivity contribution is 5.85. The molecule has 2 aliphatic rings.